The van der Waals surface area contributed by atoms with E-state index in [1.54, 1.807) is 0 Å². The van der Waals surface area contributed by atoms with E-state index in [0.29, 0.717) is 19.0 Å². The molecular formula is C14H15BrO3. The van der Waals surface area contributed by atoms with Gasteiger partial charge in [0.15, 0.2) is 17.3 Å². The third-order valence-electron chi connectivity index (χ3n) is 3.62. The van der Waals surface area contributed by atoms with Crippen LogP contribution in [0.15, 0.2) is 16.6 Å². The summed E-state index contributed by atoms with van der Waals surface area (Å²) in [5.41, 5.74) is 0.728. The van der Waals surface area contributed by atoms with Crippen LogP contribution < -0.4 is 9.47 Å². The molecule has 3 rings (SSSR count). The van der Waals surface area contributed by atoms with E-state index in [4.69, 9.17) is 9.47 Å². The van der Waals surface area contributed by atoms with Gasteiger partial charge in [-0.1, -0.05) is 12.8 Å². The first-order chi connectivity index (χ1) is 8.75. The van der Waals surface area contributed by atoms with E-state index < -0.39 is 0 Å². The molecule has 0 amide bonds. The number of hydrogen-bond acceptors (Lipinski definition) is 3. The van der Waals surface area contributed by atoms with Gasteiger partial charge in [0.2, 0.25) is 0 Å². The Morgan fingerprint density at radius 2 is 1.72 bits per heavy atom. The maximum atomic E-state index is 12.4. The van der Waals surface area contributed by atoms with Crippen molar-refractivity contribution in [1.29, 1.82) is 0 Å². The molecule has 1 saturated carbocycles. The van der Waals surface area contributed by atoms with Gasteiger partial charge in [-0.05, 0) is 40.9 Å². The van der Waals surface area contributed by atoms with Gasteiger partial charge < -0.3 is 9.47 Å². The molecule has 0 unspecified atom stereocenters. The minimum atomic E-state index is 0.184. The second-order valence-electron chi connectivity index (χ2n) is 4.82. The third-order valence-corrected chi connectivity index (χ3v) is 4.28. The summed E-state index contributed by atoms with van der Waals surface area (Å²) in [7, 11) is 0. The predicted octanol–water partition coefficient (Wildman–Crippen LogP) is 3.59. The van der Waals surface area contributed by atoms with E-state index in [0.717, 1.165) is 28.6 Å². The van der Waals surface area contributed by atoms with Crippen molar-refractivity contribution in [2.75, 3.05) is 13.2 Å². The molecule has 4 heteroatoms. The average Bonchev–Trinajstić information content (AvgIpc) is 2.91. The lowest BCUT2D eigenvalue weighted by Crippen LogP contribution is -2.17. The third kappa shape index (κ3) is 2.14. The lowest BCUT2D eigenvalue weighted by molar-refractivity contribution is 0.0920. The largest absolute Gasteiger partial charge is 0.486 e. The molecule has 0 spiro atoms. The Kier molecular flexibility index (Phi) is 3.29. The van der Waals surface area contributed by atoms with Crippen molar-refractivity contribution in [3.8, 4) is 11.5 Å². The lowest BCUT2D eigenvalue weighted by atomic mass is 9.96. The van der Waals surface area contributed by atoms with Gasteiger partial charge >= 0.3 is 0 Å². The molecule has 0 saturated heterocycles. The van der Waals surface area contributed by atoms with Crippen molar-refractivity contribution in [3.05, 3.63) is 22.2 Å². The molecule has 3 nitrogen and oxygen atoms in total. The van der Waals surface area contributed by atoms with Gasteiger partial charge in [0.05, 0.1) is 0 Å². The maximum Gasteiger partial charge on any atom is 0.167 e. The first kappa shape index (κ1) is 12.0. The highest BCUT2D eigenvalue weighted by atomic mass is 79.9. The van der Waals surface area contributed by atoms with Crippen LogP contribution in [0.1, 0.15) is 36.0 Å². The molecular weight excluding hydrogens is 296 g/mol. The fourth-order valence-corrected chi connectivity index (χ4v) is 3.18. The van der Waals surface area contributed by atoms with Crippen molar-refractivity contribution in [3.63, 3.8) is 0 Å². The Balaban J connectivity index is 1.93. The SMILES string of the molecule is O=C(c1cc2c(cc1Br)OCCO2)C1CCCC1. The predicted molar refractivity (Wildman–Crippen MR) is 71.4 cm³/mol. The molecule has 0 aromatic heterocycles. The summed E-state index contributed by atoms with van der Waals surface area (Å²) in [5, 5.41) is 0. The molecule has 1 aliphatic heterocycles. The number of ketones is 1. The lowest BCUT2D eigenvalue weighted by Gasteiger charge is -2.20. The van der Waals surface area contributed by atoms with Gasteiger partial charge in [-0.25, -0.2) is 0 Å². The Hall–Kier alpha value is -1.03. The Bertz CT molecular complexity index is 478. The molecule has 1 aliphatic carbocycles. The second kappa shape index (κ2) is 4.92. The number of benzene rings is 1. The van der Waals surface area contributed by atoms with Crippen LogP contribution in [0.2, 0.25) is 0 Å². The van der Waals surface area contributed by atoms with Crippen LogP contribution in [-0.2, 0) is 0 Å². The first-order valence-electron chi connectivity index (χ1n) is 6.39. The molecule has 0 radical (unpaired) electrons. The minimum Gasteiger partial charge on any atom is -0.486 e. The van der Waals surface area contributed by atoms with Gasteiger partial charge in [-0.15, -0.1) is 0 Å². The number of ether oxygens (including phenoxy) is 2. The number of hydrogen-bond donors (Lipinski definition) is 0. The van der Waals surface area contributed by atoms with Crippen LogP contribution >= 0.6 is 15.9 Å². The van der Waals surface area contributed by atoms with Crippen molar-refractivity contribution < 1.29 is 14.3 Å². The number of halogens is 1. The number of carbonyl (C=O) groups is 1. The molecule has 1 aromatic carbocycles. The zero-order valence-corrected chi connectivity index (χ0v) is 11.7. The highest BCUT2D eigenvalue weighted by Crippen LogP contribution is 2.38. The zero-order valence-electron chi connectivity index (χ0n) is 10.1. The Morgan fingerprint density at radius 3 is 2.39 bits per heavy atom. The highest BCUT2D eigenvalue weighted by molar-refractivity contribution is 9.10. The molecule has 1 aromatic rings. The molecule has 18 heavy (non-hydrogen) atoms. The molecule has 0 bridgehead atoms. The summed E-state index contributed by atoms with van der Waals surface area (Å²) >= 11 is 3.47. The summed E-state index contributed by atoms with van der Waals surface area (Å²) in [6.45, 7) is 1.11. The van der Waals surface area contributed by atoms with E-state index in [1.807, 2.05) is 12.1 Å². The minimum absolute atomic E-state index is 0.184. The van der Waals surface area contributed by atoms with Crippen molar-refractivity contribution in [2.24, 2.45) is 5.92 Å². The monoisotopic (exact) mass is 310 g/mol. The second-order valence-corrected chi connectivity index (χ2v) is 5.68. The topological polar surface area (TPSA) is 35.5 Å². The Morgan fingerprint density at radius 1 is 1.11 bits per heavy atom. The molecule has 0 atom stereocenters. The first-order valence-corrected chi connectivity index (χ1v) is 7.18. The number of carbonyl (C=O) groups excluding carboxylic acids is 1. The number of fused-ring (bicyclic) bond motifs is 1. The average molecular weight is 311 g/mol. The van der Waals surface area contributed by atoms with Crippen LogP contribution in [0.4, 0.5) is 0 Å². The van der Waals surface area contributed by atoms with Crippen LogP contribution in [0.3, 0.4) is 0 Å². The van der Waals surface area contributed by atoms with E-state index in [9.17, 15) is 4.79 Å². The smallest absolute Gasteiger partial charge is 0.167 e. The van der Waals surface area contributed by atoms with Gasteiger partial charge in [-0.2, -0.15) is 0 Å². The maximum absolute atomic E-state index is 12.4. The molecule has 96 valence electrons. The Labute approximate surface area is 115 Å². The molecule has 2 aliphatic rings. The quantitative estimate of drug-likeness (QED) is 0.783. The van der Waals surface area contributed by atoms with Crippen molar-refractivity contribution in [1.82, 2.24) is 0 Å². The normalized spacial score (nSPS) is 18.9. The van der Waals surface area contributed by atoms with Gasteiger partial charge in [-0.3, -0.25) is 4.79 Å². The highest BCUT2D eigenvalue weighted by Gasteiger charge is 2.27. The fraction of sp³-hybridized carbons (Fsp3) is 0.500. The summed E-state index contributed by atoms with van der Waals surface area (Å²) in [6.07, 6.45) is 4.36. The summed E-state index contributed by atoms with van der Waals surface area (Å²) in [5.74, 6) is 1.82. The van der Waals surface area contributed by atoms with Gasteiger partial charge in [0.25, 0.3) is 0 Å². The fourth-order valence-electron chi connectivity index (χ4n) is 2.66. The van der Waals surface area contributed by atoms with Crippen molar-refractivity contribution in [2.45, 2.75) is 25.7 Å². The molecule has 0 N–H and O–H groups in total. The van der Waals surface area contributed by atoms with Crippen LogP contribution in [0.25, 0.3) is 0 Å². The molecule has 1 fully saturated rings. The van der Waals surface area contributed by atoms with E-state index in [2.05, 4.69) is 15.9 Å². The zero-order chi connectivity index (χ0) is 12.5. The standard InChI is InChI=1S/C14H15BrO3/c15-11-8-13-12(17-5-6-18-13)7-10(11)14(16)9-3-1-2-4-9/h7-9H,1-6H2. The van der Waals surface area contributed by atoms with Crippen LogP contribution in [0.5, 0.6) is 11.5 Å². The van der Waals surface area contributed by atoms with Crippen LogP contribution in [0, 0.1) is 5.92 Å². The number of Topliss-reactive ketones (excluding diaryl/α,β-unsaturated/α-hetero) is 1. The molecule has 1 heterocycles. The summed E-state index contributed by atoms with van der Waals surface area (Å²) < 4.78 is 11.8. The van der Waals surface area contributed by atoms with Gasteiger partial charge in [0.1, 0.15) is 13.2 Å². The number of rotatable bonds is 2. The van der Waals surface area contributed by atoms with E-state index >= 15 is 0 Å². The summed E-state index contributed by atoms with van der Waals surface area (Å²) in [4.78, 5) is 12.4. The summed E-state index contributed by atoms with van der Waals surface area (Å²) in [6, 6.07) is 3.66. The van der Waals surface area contributed by atoms with E-state index in [-0.39, 0.29) is 11.7 Å². The van der Waals surface area contributed by atoms with Gasteiger partial charge in [0, 0.05) is 16.0 Å². The van der Waals surface area contributed by atoms with Crippen LogP contribution in [-0.4, -0.2) is 19.0 Å². The van der Waals surface area contributed by atoms with Crippen molar-refractivity contribution >= 4 is 21.7 Å². The van der Waals surface area contributed by atoms with E-state index in [1.165, 1.54) is 12.8 Å².